The van der Waals surface area contributed by atoms with Gasteiger partial charge in [-0.2, -0.15) is 0 Å². The third-order valence-corrected chi connectivity index (χ3v) is 6.26. The molecular weight excluding hydrogens is 441 g/mol. The summed E-state index contributed by atoms with van der Waals surface area (Å²) in [5.74, 6) is 1.72. The fraction of sp³-hybridized carbons (Fsp3) is 0.895. The van der Waals surface area contributed by atoms with Gasteiger partial charge in [-0.15, -0.1) is 24.0 Å². The zero-order chi connectivity index (χ0) is 18.0. The van der Waals surface area contributed by atoms with Gasteiger partial charge in [-0.05, 0) is 31.6 Å². The molecule has 26 heavy (non-hydrogen) atoms. The van der Waals surface area contributed by atoms with E-state index in [-0.39, 0.29) is 35.3 Å². The number of amides is 1. The molecule has 3 rings (SSSR count). The van der Waals surface area contributed by atoms with Gasteiger partial charge in [-0.25, -0.2) is 0 Å². The third kappa shape index (κ3) is 4.82. The molecule has 2 aliphatic carbocycles. The monoisotopic (exact) mass is 477 g/mol. The molecule has 1 saturated heterocycles. The Labute approximate surface area is 175 Å². The molecule has 1 heterocycles. The standard InChI is InChI=1S/C19H35N5O.HI/c1-14-11-24(15-7-8-15)12-16(14)22-18(20-2)21-13-19(9-5-6-10-19)17(25)23(3)4;/h14-16H,5-13H2,1-4H3,(H2,20,21,22);1H. The molecule has 0 bridgehead atoms. The van der Waals surface area contributed by atoms with Gasteiger partial charge in [0.2, 0.25) is 5.91 Å². The summed E-state index contributed by atoms with van der Waals surface area (Å²) in [6, 6.07) is 1.26. The van der Waals surface area contributed by atoms with E-state index in [9.17, 15) is 4.79 Å². The summed E-state index contributed by atoms with van der Waals surface area (Å²) in [7, 11) is 5.55. The Kier molecular flexibility index (Phi) is 7.59. The first-order valence-corrected chi connectivity index (χ1v) is 9.88. The van der Waals surface area contributed by atoms with Crippen molar-refractivity contribution in [2.24, 2.45) is 16.3 Å². The van der Waals surface area contributed by atoms with Gasteiger partial charge in [-0.3, -0.25) is 14.7 Å². The van der Waals surface area contributed by atoms with E-state index in [1.807, 2.05) is 21.1 Å². The summed E-state index contributed by atoms with van der Waals surface area (Å²) in [5.41, 5.74) is -0.261. The number of hydrogen-bond donors (Lipinski definition) is 2. The molecule has 6 nitrogen and oxygen atoms in total. The summed E-state index contributed by atoms with van der Waals surface area (Å²) >= 11 is 0. The number of nitrogens with one attached hydrogen (secondary N) is 2. The van der Waals surface area contributed by atoms with Gasteiger partial charge in [0.1, 0.15) is 0 Å². The predicted molar refractivity (Wildman–Crippen MR) is 117 cm³/mol. The van der Waals surface area contributed by atoms with Crippen LogP contribution in [0.2, 0.25) is 0 Å². The fourth-order valence-electron chi connectivity index (χ4n) is 4.55. The molecular formula is C19H36IN5O. The van der Waals surface area contributed by atoms with E-state index in [1.54, 1.807) is 4.90 Å². The van der Waals surface area contributed by atoms with E-state index < -0.39 is 0 Å². The zero-order valence-corrected chi connectivity index (χ0v) is 19.1. The van der Waals surface area contributed by atoms with Gasteiger partial charge in [-0.1, -0.05) is 19.8 Å². The van der Waals surface area contributed by atoms with Crippen molar-refractivity contribution in [2.45, 2.75) is 57.5 Å². The van der Waals surface area contributed by atoms with E-state index in [1.165, 1.54) is 19.4 Å². The Hall–Kier alpha value is -0.570. The van der Waals surface area contributed by atoms with Crippen LogP contribution < -0.4 is 10.6 Å². The molecule has 2 saturated carbocycles. The summed E-state index contributed by atoms with van der Waals surface area (Å²) in [6.45, 7) is 5.29. The Morgan fingerprint density at radius 1 is 1.23 bits per heavy atom. The van der Waals surface area contributed by atoms with Crippen molar-refractivity contribution in [1.82, 2.24) is 20.4 Å². The van der Waals surface area contributed by atoms with Gasteiger partial charge >= 0.3 is 0 Å². The molecule has 2 unspecified atom stereocenters. The zero-order valence-electron chi connectivity index (χ0n) is 16.8. The first-order valence-electron chi connectivity index (χ1n) is 9.88. The minimum Gasteiger partial charge on any atom is -0.355 e. The number of aliphatic imine (C=N–C) groups is 1. The first kappa shape index (κ1) is 21.7. The van der Waals surface area contributed by atoms with Gasteiger partial charge in [0.25, 0.3) is 0 Å². The second-order valence-electron chi connectivity index (χ2n) is 8.53. The maximum absolute atomic E-state index is 12.7. The summed E-state index contributed by atoms with van der Waals surface area (Å²) in [6.07, 6.45) is 6.96. The van der Waals surface area contributed by atoms with E-state index in [0.717, 1.165) is 44.2 Å². The number of carbonyl (C=O) groups excluding carboxylic acids is 1. The molecule has 1 amide bonds. The second-order valence-corrected chi connectivity index (χ2v) is 8.53. The molecule has 150 valence electrons. The number of likely N-dealkylation sites (tertiary alicyclic amines) is 1. The van der Waals surface area contributed by atoms with Crippen LogP contribution in [0.25, 0.3) is 0 Å². The molecule has 0 aromatic heterocycles. The van der Waals surface area contributed by atoms with Crippen LogP contribution in [0.15, 0.2) is 4.99 Å². The highest BCUT2D eigenvalue weighted by molar-refractivity contribution is 14.0. The second kappa shape index (κ2) is 9.08. The number of hydrogen-bond acceptors (Lipinski definition) is 3. The quantitative estimate of drug-likeness (QED) is 0.361. The van der Waals surface area contributed by atoms with E-state index in [2.05, 4.69) is 27.4 Å². The topological polar surface area (TPSA) is 60.0 Å². The maximum Gasteiger partial charge on any atom is 0.230 e. The molecule has 3 aliphatic rings. The van der Waals surface area contributed by atoms with E-state index in [4.69, 9.17) is 0 Å². The number of halogens is 1. The Morgan fingerprint density at radius 3 is 2.42 bits per heavy atom. The van der Waals surface area contributed by atoms with Gasteiger partial charge in [0.05, 0.1) is 5.41 Å². The summed E-state index contributed by atoms with van der Waals surface area (Å²) in [4.78, 5) is 21.5. The van der Waals surface area contributed by atoms with Crippen LogP contribution >= 0.6 is 24.0 Å². The molecule has 1 aliphatic heterocycles. The molecule has 0 radical (unpaired) electrons. The van der Waals surface area contributed by atoms with E-state index >= 15 is 0 Å². The van der Waals surface area contributed by atoms with Gasteiger partial charge in [0.15, 0.2) is 5.96 Å². The normalized spacial score (nSPS) is 28.5. The predicted octanol–water partition coefficient (Wildman–Crippen LogP) is 1.90. The Bertz CT molecular complexity index is 514. The average molecular weight is 477 g/mol. The summed E-state index contributed by atoms with van der Waals surface area (Å²) < 4.78 is 0. The SMILES string of the molecule is CN=C(NCC1(C(=O)N(C)C)CCCC1)NC1CN(C2CC2)CC1C.I. The lowest BCUT2D eigenvalue weighted by molar-refractivity contribution is -0.138. The lowest BCUT2D eigenvalue weighted by Crippen LogP contribution is -2.52. The van der Waals surface area contributed by atoms with Crippen LogP contribution in [0.4, 0.5) is 0 Å². The molecule has 2 atom stereocenters. The highest BCUT2D eigenvalue weighted by Gasteiger charge is 2.42. The van der Waals surface area contributed by atoms with Crippen molar-refractivity contribution < 1.29 is 4.79 Å². The van der Waals surface area contributed by atoms with E-state index in [0.29, 0.717) is 18.5 Å². The minimum atomic E-state index is -0.261. The van der Waals surface area contributed by atoms with Crippen molar-refractivity contribution in [1.29, 1.82) is 0 Å². The van der Waals surface area contributed by atoms with Crippen LogP contribution in [-0.4, -0.2) is 74.5 Å². The van der Waals surface area contributed by atoms with Gasteiger partial charge in [0, 0.05) is 52.9 Å². The van der Waals surface area contributed by atoms with Crippen LogP contribution in [0.3, 0.4) is 0 Å². The Balaban J connectivity index is 0.00000243. The molecule has 0 aromatic carbocycles. The minimum absolute atomic E-state index is 0. The van der Waals surface area contributed by atoms with Crippen molar-refractivity contribution in [3.63, 3.8) is 0 Å². The van der Waals surface area contributed by atoms with Crippen LogP contribution in [0.1, 0.15) is 45.4 Å². The van der Waals surface area contributed by atoms with Crippen molar-refractivity contribution in [3.8, 4) is 0 Å². The molecule has 7 heteroatoms. The Morgan fingerprint density at radius 2 is 1.88 bits per heavy atom. The number of guanidine groups is 1. The first-order chi connectivity index (χ1) is 11.9. The third-order valence-electron chi connectivity index (χ3n) is 6.26. The number of rotatable bonds is 5. The smallest absolute Gasteiger partial charge is 0.230 e. The lowest BCUT2D eigenvalue weighted by atomic mass is 9.84. The maximum atomic E-state index is 12.7. The molecule has 3 fully saturated rings. The molecule has 2 N–H and O–H groups in total. The number of nitrogens with zero attached hydrogens (tertiary/aromatic N) is 3. The average Bonchev–Trinajstić information content (AvgIpc) is 3.22. The lowest BCUT2D eigenvalue weighted by Gasteiger charge is -2.32. The van der Waals surface area contributed by atoms with Crippen LogP contribution in [0, 0.1) is 11.3 Å². The highest BCUT2D eigenvalue weighted by Crippen LogP contribution is 2.39. The largest absolute Gasteiger partial charge is 0.355 e. The van der Waals surface area contributed by atoms with Crippen molar-refractivity contribution >= 4 is 35.8 Å². The molecule has 0 aromatic rings. The van der Waals surface area contributed by atoms with Gasteiger partial charge < -0.3 is 15.5 Å². The summed E-state index contributed by atoms with van der Waals surface area (Å²) in [5, 5.41) is 7.08. The highest BCUT2D eigenvalue weighted by atomic mass is 127. The molecule has 0 spiro atoms. The van der Waals surface area contributed by atoms with Crippen LogP contribution in [0.5, 0.6) is 0 Å². The van der Waals surface area contributed by atoms with Crippen molar-refractivity contribution in [3.05, 3.63) is 0 Å². The van der Waals surface area contributed by atoms with Crippen molar-refractivity contribution in [2.75, 3.05) is 40.8 Å². The number of carbonyl (C=O) groups is 1. The fourth-order valence-corrected chi connectivity index (χ4v) is 4.55. The van der Waals surface area contributed by atoms with Crippen LogP contribution in [-0.2, 0) is 4.79 Å².